The van der Waals surface area contributed by atoms with Gasteiger partial charge >= 0.3 is 0 Å². The molecule has 0 bridgehead atoms. The first kappa shape index (κ1) is 19.8. The molecule has 25 heavy (non-hydrogen) atoms. The first-order valence-electron chi connectivity index (χ1n) is 8.58. The Hall–Kier alpha value is -1.52. The molecule has 0 radical (unpaired) electrons. The van der Waals surface area contributed by atoms with E-state index in [-0.39, 0.29) is 23.5 Å². The van der Waals surface area contributed by atoms with Gasteiger partial charge in [-0.25, -0.2) is 8.42 Å². The Morgan fingerprint density at radius 2 is 2.08 bits per heavy atom. The third kappa shape index (κ3) is 6.05. The largest absolute Gasteiger partial charge is 0.339 e. The predicted molar refractivity (Wildman–Crippen MR) is 100 cm³/mol. The summed E-state index contributed by atoms with van der Waals surface area (Å²) >= 11 is 1.58. The van der Waals surface area contributed by atoms with E-state index in [0.717, 1.165) is 17.7 Å². The number of sulfone groups is 1. The smallest absolute Gasteiger partial charge is 0.223 e. The average molecular weight is 381 g/mol. The van der Waals surface area contributed by atoms with Crippen LogP contribution in [-0.2, 0) is 14.6 Å². The normalized spacial score (nSPS) is 18.6. The van der Waals surface area contributed by atoms with Crippen molar-refractivity contribution in [3.63, 3.8) is 0 Å². The Kier molecular flexibility index (Phi) is 7.33. The van der Waals surface area contributed by atoms with Gasteiger partial charge in [0.15, 0.2) is 9.84 Å². The van der Waals surface area contributed by atoms with Crippen LogP contribution in [0.2, 0.25) is 0 Å². The van der Waals surface area contributed by atoms with Gasteiger partial charge in [-0.15, -0.1) is 11.8 Å². The zero-order chi connectivity index (χ0) is 18.3. The molecule has 1 heterocycles. The van der Waals surface area contributed by atoms with E-state index < -0.39 is 9.84 Å². The summed E-state index contributed by atoms with van der Waals surface area (Å²) in [6, 6.07) is 9.21. The van der Waals surface area contributed by atoms with Crippen LogP contribution in [0, 0.1) is 11.3 Å². The van der Waals surface area contributed by atoms with Crippen molar-refractivity contribution in [3.8, 4) is 6.07 Å². The number of hydrogen-bond donors (Lipinski definition) is 0. The van der Waals surface area contributed by atoms with Gasteiger partial charge in [0.1, 0.15) is 0 Å². The van der Waals surface area contributed by atoms with Gasteiger partial charge in [0.2, 0.25) is 5.91 Å². The Labute approximate surface area is 154 Å². The quantitative estimate of drug-likeness (QED) is 0.648. The lowest BCUT2D eigenvalue weighted by Gasteiger charge is -2.28. The molecule has 0 saturated carbocycles. The van der Waals surface area contributed by atoms with E-state index in [4.69, 9.17) is 5.26 Å². The van der Waals surface area contributed by atoms with E-state index in [9.17, 15) is 13.2 Å². The van der Waals surface area contributed by atoms with Crippen LogP contribution in [0.1, 0.15) is 38.2 Å². The fourth-order valence-electron chi connectivity index (χ4n) is 2.89. The molecule has 0 spiro atoms. The van der Waals surface area contributed by atoms with E-state index in [1.54, 1.807) is 28.8 Å². The molecule has 0 aromatic heterocycles. The predicted octanol–water partition coefficient (Wildman–Crippen LogP) is 2.86. The Bertz CT molecular complexity index is 724. The second-order valence-corrected chi connectivity index (χ2v) is 9.63. The molecule has 2 rings (SSSR count). The van der Waals surface area contributed by atoms with Gasteiger partial charge in [-0.3, -0.25) is 4.79 Å². The third-order valence-electron chi connectivity index (χ3n) is 4.29. The van der Waals surface area contributed by atoms with Gasteiger partial charge in [0.25, 0.3) is 0 Å². The highest BCUT2D eigenvalue weighted by Crippen LogP contribution is 2.22. The van der Waals surface area contributed by atoms with Crippen molar-refractivity contribution in [1.29, 1.82) is 5.26 Å². The summed E-state index contributed by atoms with van der Waals surface area (Å²) in [7, 11) is -2.99. The Morgan fingerprint density at radius 3 is 2.64 bits per heavy atom. The molecule has 1 aromatic carbocycles. The highest BCUT2D eigenvalue weighted by Gasteiger charge is 2.34. The molecule has 0 aliphatic carbocycles. The van der Waals surface area contributed by atoms with Crippen molar-refractivity contribution in [1.82, 2.24) is 4.90 Å². The minimum Gasteiger partial charge on any atom is -0.339 e. The van der Waals surface area contributed by atoms with E-state index >= 15 is 0 Å². The van der Waals surface area contributed by atoms with Crippen molar-refractivity contribution in [2.75, 3.05) is 23.8 Å². The zero-order valence-corrected chi connectivity index (χ0v) is 16.1. The number of unbranched alkanes of at least 4 members (excludes halogenated alkanes) is 1. The second-order valence-electron chi connectivity index (χ2n) is 6.23. The standard InChI is InChI=1S/C18H24N2O3S2/c1-2-3-10-20(16-9-12-25(22,23)14-16)18(21)8-11-24-17-6-4-15(13-19)5-7-17/h4-7,16H,2-3,8-12,14H2,1H3. The summed E-state index contributed by atoms with van der Waals surface area (Å²) in [5.74, 6) is 0.975. The van der Waals surface area contributed by atoms with Crippen LogP contribution in [0.5, 0.6) is 0 Å². The number of nitrogens with zero attached hydrogens (tertiary/aromatic N) is 2. The molecular weight excluding hydrogens is 356 g/mol. The minimum absolute atomic E-state index is 0.0386. The molecule has 1 atom stereocenters. The lowest BCUT2D eigenvalue weighted by Crippen LogP contribution is -2.41. The van der Waals surface area contributed by atoms with E-state index in [2.05, 4.69) is 13.0 Å². The monoisotopic (exact) mass is 380 g/mol. The van der Waals surface area contributed by atoms with Gasteiger partial charge in [-0.1, -0.05) is 13.3 Å². The summed E-state index contributed by atoms with van der Waals surface area (Å²) in [4.78, 5) is 15.4. The fourth-order valence-corrected chi connectivity index (χ4v) is 5.46. The highest BCUT2D eigenvalue weighted by atomic mass is 32.2. The fraction of sp³-hybridized carbons (Fsp3) is 0.556. The number of hydrogen-bond acceptors (Lipinski definition) is 5. The molecule has 5 nitrogen and oxygen atoms in total. The number of amides is 1. The van der Waals surface area contributed by atoms with Crippen molar-refractivity contribution in [2.45, 2.75) is 43.5 Å². The molecular formula is C18H24N2O3S2. The number of thioether (sulfide) groups is 1. The molecule has 7 heteroatoms. The van der Waals surface area contributed by atoms with Crippen molar-refractivity contribution >= 4 is 27.5 Å². The summed E-state index contributed by atoms with van der Waals surface area (Å²) in [5.41, 5.74) is 0.619. The van der Waals surface area contributed by atoms with Crippen LogP contribution in [0.15, 0.2) is 29.2 Å². The summed E-state index contributed by atoms with van der Waals surface area (Å²) in [6.45, 7) is 2.70. The molecule has 1 fully saturated rings. The summed E-state index contributed by atoms with van der Waals surface area (Å²) in [5, 5.41) is 8.80. The lowest BCUT2D eigenvalue weighted by atomic mass is 10.2. The zero-order valence-electron chi connectivity index (χ0n) is 14.5. The Morgan fingerprint density at radius 1 is 1.36 bits per heavy atom. The molecule has 1 saturated heterocycles. The first-order chi connectivity index (χ1) is 11.9. The third-order valence-corrected chi connectivity index (χ3v) is 7.05. The number of benzene rings is 1. The Balaban J connectivity index is 1.89. The maximum Gasteiger partial charge on any atom is 0.223 e. The first-order valence-corrected chi connectivity index (χ1v) is 11.4. The maximum absolute atomic E-state index is 12.6. The lowest BCUT2D eigenvalue weighted by molar-refractivity contribution is -0.132. The molecule has 1 aromatic rings. The SMILES string of the molecule is CCCCN(C(=O)CCSc1ccc(C#N)cc1)C1CCS(=O)(=O)C1. The van der Waals surface area contributed by atoms with Crippen molar-refractivity contribution < 1.29 is 13.2 Å². The number of carbonyl (C=O) groups is 1. The number of rotatable bonds is 8. The number of carbonyl (C=O) groups excluding carboxylic acids is 1. The number of nitriles is 1. The van der Waals surface area contributed by atoms with Crippen LogP contribution in [-0.4, -0.2) is 49.1 Å². The summed E-state index contributed by atoms with van der Waals surface area (Å²) in [6.07, 6.45) is 2.82. The van der Waals surface area contributed by atoms with Crippen LogP contribution >= 0.6 is 11.8 Å². The highest BCUT2D eigenvalue weighted by molar-refractivity contribution is 7.99. The molecule has 1 aliphatic heterocycles. The van der Waals surface area contributed by atoms with E-state index in [1.807, 2.05) is 12.1 Å². The van der Waals surface area contributed by atoms with E-state index in [0.29, 0.717) is 30.7 Å². The molecule has 136 valence electrons. The average Bonchev–Trinajstić information content (AvgIpc) is 2.95. The molecule has 0 N–H and O–H groups in total. The van der Waals surface area contributed by atoms with Gasteiger partial charge in [-0.2, -0.15) is 5.26 Å². The van der Waals surface area contributed by atoms with Crippen molar-refractivity contribution in [3.05, 3.63) is 29.8 Å². The summed E-state index contributed by atoms with van der Waals surface area (Å²) < 4.78 is 23.5. The second kappa shape index (κ2) is 9.25. The molecule has 1 amide bonds. The maximum atomic E-state index is 12.6. The van der Waals surface area contributed by atoms with Gasteiger partial charge in [0, 0.05) is 29.7 Å². The molecule has 1 unspecified atom stereocenters. The van der Waals surface area contributed by atoms with Gasteiger partial charge < -0.3 is 4.90 Å². The molecule has 1 aliphatic rings. The van der Waals surface area contributed by atoms with Crippen LogP contribution < -0.4 is 0 Å². The van der Waals surface area contributed by atoms with E-state index in [1.165, 1.54) is 0 Å². The van der Waals surface area contributed by atoms with Crippen LogP contribution in [0.3, 0.4) is 0 Å². The minimum atomic E-state index is -2.99. The van der Waals surface area contributed by atoms with Crippen LogP contribution in [0.4, 0.5) is 0 Å². The van der Waals surface area contributed by atoms with Gasteiger partial charge in [-0.05, 0) is 37.1 Å². The topological polar surface area (TPSA) is 78.2 Å². The van der Waals surface area contributed by atoms with Crippen LogP contribution in [0.25, 0.3) is 0 Å². The van der Waals surface area contributed by atoms with Gasteiger partial charge in [0.05, 0.1) is 23.1 Å². The van der Waals surface area contributed by atoms with Crippen molar-refractivity contribution in [2.24, 2.45) is 0 Å².